The molecule has 316 valence electrons. The van der Waals surface area contributed by atoms with Crippen molar-refractivity contribution in [2.24, 2.45) is 0 Å². The van der Waals surface area contributed by atoms with Crippen LogP contribution in [-0.4, -0.2) is 9.13 Å². The molecule has 1 atom stereocenters. The van der Waals surface area contributed by atoms with Gasteiger partial charge in [0.2, 0.25) is 0 Å². The van der Waals surface area contributed by atoms with Crippen molar-refractivity contribution < 1.29 is 4.42 Å². The van der Waals surface area contributed by atoms with Crippen LogP contribution in [0.1, 0.15) is 18.0 Å². The Morgan fingerprint density at radius 2 is 0.896 bits per heavy atom. The molecule has 0 saturated heterocycles. The van der Waals surface area contributed by atoms with Gasteiger partial charge < -0.3 is 13.6 Å². The van der Waals surface area contributed by atoms with Crippen LogP contribution in [0.15, 0.2) is 253 Å². The predicted octanol–water partition coefficient (Wildman–Crippen LogP) is 17.4. The number of nitrogens with zero attached hydrogens (tertiary/aromatic N) is 2. The zero-order chi connectivity index (χ0) is 44.3. The van der Waals surface area contributed by atoms with Crippen molar-refractivity contribution >= 4 is 43.5 Å². The highest BCUT2D eigenvalue weighted by Gasteiger charge is 2.25. The Balaban J connectivity index is 1.16. The van der Waals surface area contributed by atoms with E-state index in [2.05, 4.69) is 258 Å². The molecule has 67 heavy (non-hydrogen) atoms. The molecule has 12 aromatic rings. The minimum absolute atomic E-state index is 0.244. The summed E-state index contributed by atoms with van der Waals surface area (Å²) in [5.41, 5.74) is 16.9. The summed E-state index contributed by atoms with van der Waals surface area (Å²) in [5.74, 6) is 0.244. The molecular weight excluding hydrogens is 813 g/mol. The highest BCUT2D eigenvalue weighted by Crippen LogP contribution is 2.49. The standard InChI is InChI=1S/C64H44N2O/c1-6-19-43(20-7-1)56-37-38-57(44-21-8-2-9-22-44)65(56)48-34-36-51-54(41-48)62(47-27-14-5-15-28-47)50-35-33-49(66-58(45-23-10-3-11-24-45)39-40-59(66)46-25-12-4-13-26-46)42-55(50)63(51)53-30-18-32-61-64(53)52-29-16-17-31-60(52)67-61/h1-25,27-42,46H,26H2. The Hall–Kier alpha value is -8.66. The monoisotopic (exact) mass is 856 g/mol. The largest absolute Gasteiger partial charge is 0.456 e. The molecule has 3 heterocycles. The van der Waals surface area contributed by atoms with Gasteiger partial charge in [0.05, 0.1) is 17.1 Å². The van der Waals surface area contributed by atoms with Gasteiger partial charge in [-0.1, -0.05) is 188 Å². The number of fused-ring (bicyclic) bond motifs is 5. The molecule has 9 aromatic carbocycles. The fraction of sp³-hybridized carbons (Fsp3) is 0.0312. The number of rotatable bonds is 8. The molecule has 3 nitrogen and oxygen atoms in total. The van der Waals surface area contributed by atoms with E-state index in [1.54, 1.807) is 0 Å². The molecule has 3 aromatic heterocycles. The van der Waals surface area contributed by atoms with E-state index in [1.807, 2.05) is 0 Å². The molecule has 13 rings (SSSR count). The summed E-state index contributed by atoms with van der Waals surface area (Å²) in [6, 6.07) is 81.7. The lowest BCUT2D eigenvalue weighted by Gasteiger charge is -2.23. The maximum atomic E-state index is 6.62. The Kier molecular flexibility index (Phi) is 9.31. The molecule has 1 aliphatic carbocycles. The van der Waals surface area contributed by atoms with Crippen molar-refractivity contribution in [1.82, 2.24) is 9.13 Å². The second-order valence-corrected chi connectivity index (χ2v) is 17.5. The SMILES string of the molecule is C1=CCC(c2ccc(-c3ccccc3)n2-c2ccc3c(-c4ccccc4)c4cc(-n5c(-c6ccccc6)ccc5-c5ccccc5)ccc4c(-c4cccc5oc6ccccc6c45)c3c2)C=C1. The molecule has 0 N–H and O–H groups in total. The first-order chi connectivity index (χ1) is 33.3. The fourth-order valence-corrected chi connectivity index (χ4v) is 10.7. The third-order valence-corrected chi connectivity index (χ3v) is 13.7. The molecular formula is C64H44N2O. The minimum atomic E-state index is 0.244. The smallest absolute Gasteiger partial charge is 0.136 e. The lowest BCUT2D eigenvalue weighted by Crippen LogP contribution is -2.07. The average molecular weight is 857 g/mol. The van der Waals surface area contributed by atoms with Crippen molar-refractivity contribution in [3.63, 3.8) is 0 Å². The first-order valence-corrected chi connectivity index (χ1v) is 23.2. The summed E-state index contributed by atoms with van der Waals surface area (Å²) in [6.07, 6.45) is 9.92. The summed E-state index contributed by atoms with van der Waals surface area (Å²) >= 11 is 0. The van der Waals surface area contributed by atoms with Crippen LogP contribution < -0.4 is 0 Å². The molecule has 0 amide bonds. The molecule has 3 heteroatoms. The zero-order valence-corrected chi connectivity index (χ0v) is 36.8. The number of allylic oxidation sites excluding steroid dienone is 4. The molecule has 0 radical (unpaired) electrons. The number of hydrogen-bond acceptors (Lipinski definition) is 1. The van der Waals surface area contributed by atoms with Gasteiger partial charge in [-0.15, -0.1) is 0 Å². The number of furan rings is 1. The number of aromatic nitrogens is 2. The Labute approximate surface area is 389 Å². The highest BCUT2D eigenvalue weighted by molar-refractivity contribution is 6.26. The van der Waals surface area contributed by atoms with E-state index in [0.29, 0.717) is 0 Å². The van der Waals surface area contributed by atoms with Gasteiger partial charge in [-0.25, -0.2) is 0 Å². The normalized spacial score (nSPS) is 13.6. The molecule has 0 fully saturated rings. The second-order valence-electron chi connectivity index (χ2n) is 17.5. The number of benzene rings is 9. The zero-order valence-electron chi connectivity index (χ0n) is 36.8. The van der Waals surface area contributed by atoms with Gasteiger partial charge >= 0.3 is 0 Å². The van der Waals surface area contributed by atoms with Gasteiger partial charge in [0.15, 0.2) is 0 Å². The van der Waals surface area contributed by atoms with Gasteiger partial charge in [0.1, 0.15) is 11.2 Å². The minimum Gasteiger partial charge on any atom is -0.456 e. The van der Waals surface area contributed by atoms with Crippen molar-refractivity contribution in [3.8, 4) is 67.4 Å². The summed E-state index contributed by atoms with van der Waals surface area (Å²) in [7, 11) is 0. The third kappa shape index (κ3) is 6.50. The summed E-state index contributed by atoms with van der Waals surface area (Å²) in [5, 5.41) is 6.96. The van der Waals surface area contributed by atoms with E-state index in [4.69, 9.17) is 4.42 Å². The summed E-state index contributed by atoms with van der Waals surface area (Å²) < 4.78 is 11.6. The summed E-state index contributed by atoms with van der Waals surface area (Å²) in [4.78, 5) is 0. The van der Waals surface area contributed by atoms with E-state index >= 15 is 0 Å². The van der Waals surface area contributed by atoms with Gasteiger partial charge in [-0.05, 0) is 128 Å². The van der Waals surface area contributed by atoms with E-state index < -0.39 is 0 Å². The van der Waals surface area contributed by atoms with Crippen LogP contribution in [0.2, 0.25) is 0 Å². The average Bonchev–Trinajstić information content (AvgIpc) is 4.16. The Bertz CT molecular complexity index is 3810. The fourth-order valence-electron chi connectivity index (χ4n) is 10.7. The maximum Gasteiger partial charge on any atom is 0.136 e. The van der Waals surface area contributed by atoms with E-state index in [0.717, 1.165) is 67.8 Å². The van der Waals surface area contributed by atoms with E-state index in [-0.39, 0.29) is 5.92 Å². The molecule has 0 bridgehead atoms. The van der Waals surface area contributed by atoms with Gasteiger partial charge in [0, 0.05) is 33.8 Å². The van der Waals surface area contributed by atoms with Crippen molar-refractivity contribution in [2.75, 3.05) is 0 Å². The number of hydrogen-bond donors (Lipinski definition) is 0. The first kappa shape index (κ1) is 38.8. The maximum absolute atomic E-state index is 6.62. The Morgan fingerprint density at radius 1 is 0.373 bits per heavy atom. The topological polar surface area (TPSA) is 23.0 Å². The van der Waals surface area contributed by atoms with Crippen LogP contribution in [0, 0.1) is 0 Å². The van der Waals surface area contributed by atoms with E-state index in [1.165, 1.54) is 55.2 Å². The Morgan fingerprint density at radius 3 is 1.52 bits per heavy atom. The summed E-state index contributed by atoms with van der Waals surface area (Å²) in [6.45, 7) is 0. The van der Waals surface area contributed by atoms with E-state index in [9.17, 15) is 0 Å². The lowest BCUT2D eigenvalue weighted by atomic mass is 9.84. The molecule has 0 spiro atoms. The van der Waals surface area contributed by atoms with Crippen molar-refractivity contribution in [2.45, 2.75) is 12.3 Å². The van der Waals surface area contributed by atoms with Crippen molar-refractivity contribution in [1.29, 1.82) is 0 Å². The van der Waals surface area contributed by atoms with Crippen LogP contribution in [0.4, 0.5) is 0 Å². The van der Waals surface area contributed by atoms with Crippen LogP contribution in [-0.2, 0) is 0 Å². The number of para-hydroxylation sites is 1. The van der Waals surface area contributed by atoms with Gasteiger partial charge in [0.25, 0.3) is 0 Å². The lowest BCUT2D eigenvalue weighted by molar-refractivity contribution is 0.669. The first-order valence-electron chi connectivity index (χ1n) is 23.2. The van der Waals surface area contributed by atoms with Gasteiger partial charge in [-0.2, -0.15) is 0 Å². The van der Waals surface area contributed by atoms with Crippen LogP contribution in [0.25, 0.3) is 111 Å². The van der Waals surface area contributed by atoms with Crippen LogP contribution >= 0.6 is 0 Å². The molecule has 0 saturated carbocycles. The molecule has 1 unspecified atom stereocenters. The predicted molar refractivity (Wildman–Crippen MR) is 280 cm³/mol. The molecule has 0 aliphatic heterocycles. The van der Waals surface area contributed by atoms with Crippen LogP contribution in [0.3, 0.4) is 0 Å². The van der Waals surface area contributed by atoms with Gasteiger partial charge in [-0.3, -0.25) is 0 Å². The van der Waals surface area contributed by atoms with Crippen molar-refractivity contribution in [3.05, 3.63) is 254 Å². The highest BCUT2D eigenvalue weighted by atomic mass is 16.3. The quantitative estimate of drug-likeness (QED) is 0.140. The van der Waals surface area contributed by atoms with Crippen LogP contribution in [0.5, 0.6) is 0 Å². The third-order valence-electron chi connectivity index (χ3n) is 13.7. The second kappa shape index (κ2) is 16.1. The molecule has 1 aliphatic rings.